The average Bonchev–Trinajstić information content (AvgIpc) is 2.48. The molecule has 3 N–H and O–H groups in total. The second-order valence-electron chi connectivity index (χ2n) is 5.00. The van der Waals surface area contributed by atoms with E-state index < -0.39 is 6.10 Å². The molecule has 0 aliphatic rings. The van der Waals surface area contributed by atoms with E-state index in [4.69, 9.17) is 15.2 Å². The first-order chi connectivity index (χ1) is 10.0. The Morgan fingerprint density at radius 1 is 1.29 bits per heavy atom. The summed E-state index contributed by atoms with van der Waals surface area (Å²) in [4.78, 5) is 12.0. The molecular weight excluding hydrogens is 268 g/mol. The van der Waals surface area contributed by atoms with Gasteiger partial charge in [0.25, 0.3) is 5.91 Å². The van der Waals surface area contributed by atoms with Gasteiger partial charge in [-0.2, -0.15) is 0 Å². The van der Waals surface area contributed by atoms with Gasteiger partial charge in [-0.1, -0.05) is 13.0 Å². The van der Waals surface area contributed by atoms with Crippen molar-refractivity contribution in [3.63, 3.8) is 0 Å². The van der Waals surface area contributed by atoms with Crippen LogP contribution < -0.4 is 20.5 Å². The van der Waals surface area contributed by atoms with Gasteiger partial charge in [-0.3, -0.25) is 4.79 Å². The first kappa shape index (κ1) is 17.3. The van der Waals surface area contributed by atoms with Crippen molar-refractivity contribution >= 4 is 5.91 Å². The van der Waals surface area contributed by atoms with Crippen LogP contribution in [0, 0.1) is 0 Å². The van der Waals surface area contributed by atoms with Crippen LogP contribution in [-0.2, 0) is 11.3 Å². The topological polar surface area (TPSA) is 73.6 Å². The number of carbonyl (C=O) groups excluding carboxylic acids is 1. The van der Waals surface area contributed by atoms with E-state index in [1.165, 1.54) is 0 Å². The summed E-state index contributed by atoms with van der Waals surface area (Å²) in [6.45, 7) is 8.58. The number of nitrogens with two attached hydrogens (primary N) is 1. The summed E-state index contributed by atoms with van der Waals surface area (Å²) in [5, 5.41) is 2.90. The second kappa shape index (κ2) is 8.52. The van der Waals surface area contributed by atoms with Crippen LogP contribution in [0.1, 0.15) is 39.7 Å². The highest BCUT2D eigenvalue weighted by Crippen LogP contribution is 2.29. The Morgan fingerprint density at radius 3 is 2.57 bits per heavy atom. The van der Waals surface area contributed by atoms with Crippen molar-refractivity contribution in [1.29, 1.82) is 0 Å². The van der Waals surface area contributed by atoms with Gasteiger partial charge >= 0.3 is 0 Å². The van der Waals surface area contributed by atoms with Gasteiger partial charge in [0, 0.05) is 12.6 Å². The quantitative estimate of drug-likeness (QED) is 0.771. The number of rotatable bonds is 8. The van der Waals surface area contributed by atoms with Gasteiger partial charge in [0.2, 0.25) is 0 Å². The third kappa shape index (κ3) is 5.27. The number of nitrogens with one attached hydrogen (secondary N) is 1. The van der Waals surface area contributed by atoms with Gasteiger partial charge in [-0.15, -0.1) is 0 Å². The van der Waals surface area contributed by atoms with E-state index >= 15 is 0 Å². The Balaban J connectivity index is 2.78. The average molecular weight is 294 g/mol. The first-order valence-corrected chi connectivity index (χ1v) is 7.44. The van der Waals surface area contributed by atoms with Crippen molar-refractivity contribution in [2.45, 2.75) is 52.8 Å². The van der Waals surface area contributed by atoms with Gasteiger partial charge in [0.1, 0.15) is 0 Å². The summed E-state index contributed by atoms with van der Waals surface area (Å²) in [5.74, 6) is 1.04. The fourth-order valence-electron chi connectivity index (χ4n) is 1.75. The molecule has 1 aromatic carbocycles. The lowest BCUT2D eigenvalue weighted by Crippen LogP contribution is -2.41. The molecule has 1 aromatic rings. The smallest absolute Gasteiger partial charge is 0.260 e. The lowest BCUT2D eigenvalue weighted by molar-refractivity contribution is -0.127. The predicted octanol–water partition coefficient (Wildman–Crippen LogP) is 2.23. The normalized spacial score (nSPS) is 13.4. The van der Waals surface area contributed by atoms with E-state index in [9.17, 15) is 4.79 Å². The van der Waals surface area contributed by atoms with Crippen LogP contribution in [0.5, 0.6) is 11.5 Å². The zero-order valence-corrected chi connectivity index (χ0v) is 13.3. The van der Waals surface area contributed by atoms with Crippen molar-refractivity contribution in [2.75, 3.05) is 6.61 Å². The largest absolute Gasteiger partial charge is 0.490 e. The Labute approximate surface area is 126 Å². The highest BCUT2D eigenvalue weighted by Gasteiger charge is 2.18. The van der Waals surface area contributed by atoms with E-state index in [1.807, 2.05) is 32.9 Å². The summed E-state index contributed by atoms with van der Waals surface area (Å²) >= 11 is 0. The van der Waals surface area contributed by atoms with E-state index in [0.29, 0.717) is 24.7 Å². The Kier molecular flexibility index (Phi) is 7.02. The molecule has 118 valence electrons. The van der Waals surface area contributed by atoms with Crippen molar-refractivity contribution < 1.29 is 14.3 Å². The second-order valence-corrected chi connectivity index (χ2v) is 5.00. The summed E-state index contributed by atoms with van der Waals surface area (Å²) in [6.07, 6.45) is 0.301. The van der Waals surface area contributed by atoms with Gasteiger partial charge in [0.15, 0.2) is 17.6 Å². The molecule has 0 aliphatic carbocycles. The standard InChI is InChI=1S/C16H26N2O3/c1-5-11(3)18-16(19)12(4)21-14-8-7-13(10-17)9-15(14)20-6-2/h7-9,11-12H,5-6,10,17H2,1-4H3,(H,18,19). The first-order valence-electron chi connectivity index (χ1n) is 7.44. The fourth-order valence-corrected chi connectivity index (χ4v) is 1.75. The van der Waals surface area contributed by atoms with Crippen LogP contribution in [0.15, 0.2) is 18.2 Å². The highest BCUT2D eigenvalue weighted by atomic mass is 16.5. The van der Waals surface area contributed by atoms with E-state index in [2.05, 4.69) is 5.32 Å². The maximum absolute atomic E-state index is 12.0. The third-order valence-electron chi connectivity index (χ3n) is 3.22. The monoisotopic (exact) mass is 294 g/mol. The minimum Gasteiger partial charge on any atom is -0.490 e. The summed E-state index contributed by atoms with van der Waals surface area (Å²) in [5.41, 5.74) is 6.58. The molecular formula is C16H26N2O3. The molecule has 0 fully saturated rings. The third-order valence-corrected chi connectivity index (χ3v) is 3.22. The van der Waals surface area contributed by atoms with E-state index in [0.717, 1.165) is 12.0 Å². The molecule has 1 amide bonds. The van der Waals surface area contributed by atoms with Crippen LogP contribution >= 0.6 is 0 Å². The Morgan fingerprint density at radius 2 is 2.00 bits per heavy atom. The SMILES string of the molecule is CCOc1cc(CN)ccc1OC(C)C(=O)NC(C)CC. The minimum absolute atomic E-state index is 0.130. The van der Waals surface area contributed by atoms with Crippen molar-refractivity contribution in [1.82, 2.24) is 5.32 Å². The van der Waals surface area contributed by atoms with Gasteiger partial charge in [0.05, 0.1) is 6.61 Å². The molecule has 0 bridgehead atoms. The van der Waals surface area contributed by atoms with E-state index in [-0.39, 0.29) is 11.9 Å². The van der Waals surface area contributed by atoms with Crippen LogP contribution in [0.25, 0.3) is 0 Å². The van der Waals surface area contributed by atoms with Crippen LogP contribution in [0.2, 0.25) is 0 Å². The molecule has 0 radical (unpaired) electrons. The Bertz CT molecular complexity index is 463. The van der Waals surface area contributed by atoms with E-state index in [1.54, 1.807) is 13.0 Å². The molecule has 0 aromatic heterocycles. The zero-order valence-electron chi connectivity index (χ0n) is 13.3. The number of amides is 1. The number of hydrogen-bond donors (Lipinski definition) is 2. The van der Waals surface area contributed by atoms with Crippen LogP contribution in [-0.4, -0.2) is 24.7 Å². The molecule has 5 heteroatoms. The number of ether oxygens (including phenoxy) is 2. The molecule has 0 spiro atoms. The fraction of sp³-hybridized carbons (Fsp3) is 0.562. The van der Waals surface area contributed by atoms with Crippen molar-refractivity contribution in [3.8, 4) is 11.5 Å². The molecule has 1 rings (SSSR count). The van der Waals surface area contributed by atoms with Crippen LogP contribution in [0.4, 0.5) is 0 Å². The summed E-state index contributed by atoms with van der Waals surface area (Å²) in [7, 11) is 0. The summed E-state index contributed by atoms with van der Waals surface area (Å²) < 4.78 is 11.3. The molecule has 0 saturated heterocycles. The lowest BCUT2D eigenvalue weighted by atomic mass is 10.2. The maximum atomic E-state index is 12.0. The Hall–Kier alpha value is -1.75. The maximum Gasteiger partial charge on any atom is 0.260 e. The minimum atomic E-state index is -0.582. The molecule has 2 unspecified atom stereocenters. The molecule has 5 nitrogen and oxygen atoms in total. The summed E-state index contributed by atoms with van der Waals surface area (Å²) in [6, 6.07) is 5.64. The van der Waals surface area contributed by atoms with Gasteiger partial charge in [-0.25, -0.2) is 0 Å². The molecule has 21 heavy (non-hydrogen) atoms. The highest BCUT2D eigenvalue weighted by molar-refractivity contribution is 5.81. The molecule has 0 saturated carbocycles. The lowest BCUT2D eigenvalue weighted by Gasteiger charge is -2.19. The number of carbonyl (C=O) groups is 1. The molecule has 0 heterocycles. The molecule has 0 aliphatic heterocycles. The van der Waals surface area contributed by atoms with Gasteiger partial charge < -0.3 is 20.5 Å². The number of hydrogen-bond acceptors (Lipinski definition) is 4. The predicted molar refractivity (Wildman–Crippen MR) is 83.5 cm³/mol. The van der Waals surface area contributed by atoms with Gasteiger partial charge in [-0.05, 0) is 44.9 Å². The zero-order chi connectivity index (χ0) is 15.8. The molecule has 2 atom stereocenters. The van der Waals surface area contributed by atoms with Crippen molar-refractivity contribution in [3.05, 3.63) is 23.8 Å². The number of benzene rings is 1. The van der Waals surface area contributed by atoms with Crippen LogP contribution in [0.3, 0.4) is 0 Å². The van der Waals surface area contributed by atoms with Crippen molar-refractivity contribution in [2.24, 2.45) is 5.73 Å².